The van der Waals surface area contributed by atoms with E-state index in [9.17, 15) is 8.42 Å². The molecule has 2 aromatic rings. The Bertz CT molecular complexity index is 714. The SMILES string of the molecule is COc1ccc(S(=O)(=O)N(C)CCc2nccs2)c(OC)c1. The maximum Gasteiger partial charge on any atom is 0.246 e. The van der Waals surface area contributed by atoms with Crippen molar-refractivity contribution < 1.29 is 17.9 Å². The molecule has 0 amide bonds. The van der Waals surface area contributed by atoms with Crippen molar-refractivity contribution in [3.8, 4) is 11.5 Å². The van der Waals surface area contributed by atoms with Gasteiger partial charge in [0.05, 0.1) is 19.2 Å². The molecule has 2 rings (SSSR count). The Kier molecular flexibility index (Phi) is 5.38. The van der Waals surface area contributed by atoms with Gasteiger partial charge in [0.25, 0.3) is 0 Å². The molecule has 1 heterocycles. The van der Waals surface area contributed by atoms with Crippen LogP contribution in [-0.2, 0) is 16.4 Å². The largest absolute Gasteiger partial charge is 0.497 e. The molecule has 0 radical (unpaired) electrons. The highest BCUT2D eigenvalue weighted by Crippen LogP contribution is 2.30. The monoisotopic (exact) mass is 342 g/mol. The van der Waals surface area contributed by atoms with Gasteiger partial charge in [0, 0.05) is 37.7 Å². The quantitative estimate of drug-likeness (QED) is 0.770. The van der Waals surface area contributed by atoms with Gasteiger partial charge in [-0.05, 0) is 12.1 Å². The lowest BCUT2D eigenvalue weighted by Gasteiger charge is -2.18. The number of hydrogen-bond donors (Lipinski definition) is 0. The third-order valence-corrected chi connectivity index (χ3v) is 5.92. The molecule has 0 aliphatic heterocycles. The molecule has 0 saturated carbocycles. The van der Waals surface area contributed by atoms with Crippen molar-refractivity contribution in [1.29, 1.82) is 0 Å². The zero-order chi connectivity index (χ0) is 16.2. The second-order valence-electron chi connectivity index (χ2n) is 4.52. The fourth-order valence-electron chi connectivity index (χ4n) is 1.91. The van der Waals surface area contributed by atoms with E-state index in [-0.39, 0.29) is 10.6 Å². The molecule has 0 N–H and O–H groups in total. The van der Waals surface area contributed by atoms with Crippen LogP contribution in [-0.4, -0.2) is 45.5 Å². The smallest absolute Gasteiger partial charge is 0.246 e. The summed E-state index contributed by atoms with van der Waals surface area (Å²) in [6.45, 7) is 0.352. The molecule has 1 aromatic carbocycles. The van der Waals surface area contributed by atoms with Gasteiger partial charge in [-0.15, -0.1) is 11.3 Å². The molecule has 6 nitrogen and oxygen atoms in total. The number of likely N-dealkylation sites (N-methyl/N-ethyl adjacent to an activating group) is 1. The molecule has 1 aromatic heterocycles. The number of benzene rings is 1. The summed E-state index contributed by atoms with van der Waals surface area (Å²) < 4.78 is 36.9. The summed E-state index contributed by atoms with van der Waals surface area (Å²) in [7, 11) is 0.869. The van der Waals surface area contributed by atoms with Crippen LogP contribution >= 0.6 is 11.3 Å². The van der Waals surface area contributed by atoms with Crippen molar-refractivity contribution in [3.05, 3.63) is 34.8 Å². The van der Waals surface area contributed by atoms with E-state index in [1.807, 2.05) is 5.38 Å². The molecular formula is C14H18N2O4S2. The third kappa shape index (κ3) is 3.57. The fraction of sp³-hybridized carbons (Fsp3) is 0.357. The number of aromatic nitrogens is 1. The molecule has 0 saturated heterocycles. The summed E-state index contributed by atoms with van der Waals surface area (Å²) in [5.41, 5.74) is 0. The van der Waals surface area contributed by atoms with Gasteiger partial charge in [-0.3, -0.25) is 0 Å². The standard InChI is InChI=1S/C14H18N2O4S2/c1-16(8-6-14-15-7-9-21-14)22(17,18)13-5-4-11(19-2)10-12(13)20-3/h4-5,7,9-10H,6,8H2,1-3H3. The van der Waals surface area contributed by atoms with Crippen molar-refractivity contribution in [2.75, 3.05) is 27.8 Å². The van der Waals surface area contributed by atoms with Gasteiger partial charge < -0.3 is 9.47 Å². The molecule has 0 unspecified atom stereocenters. The van der Waals surface area contributed by atoms with Gasteiger partial charge in [-0.1, -0.05) is 0 Å². The molecule has 8 heteroatoms. The molecule has 0 fully saturated rings. The van der Waals surface area contributed by atoms with E-state index < -0.39 is 10.0 Å². The van der Waals surface area contributed by atoms with Crippen LogP contribution in [0.3, 0.4) is 0 Å². The van der Waals surface area contributed by atoms with E-state index in [2.05, 4.69) is 4.98 Å². The molecule has 120 valence electrons. The zero-order valence-electron chi connectivity index (χ0n) is 12.6. The lowest BCUT2D eigenvalue weighted by atomic mass is 10.3. The van der Waals surface area contributed by atoms with Crippen molar-refractivity contribution in [2.24, 2.45) is 0 Å². The maximum absolute atomic E-state index is 12.7. The Balaban J connectivity index is 2.21. The minimum Gasteiger partial charge on any atom is -0.497 e. The van der Waals surface area contributed by atoms with Crippen LogP contribution < -0.4 is 9.47 Å². The Morgan fingerprint density at radius 2 is 2.05 bits per heavy atom. The van der Waals surface area contributed by atoms with E-state index in [0.29, 0.717) is 18.7 Å². The van der Waals surface area contributed by atoms with Gasteiger partial charge in [-0.2, -0.15) is 0 Å². The van der Waals surface area contributed by atoms with Crippen LogP contribution in [0.15, 0.2) is 34.7 Å². The van der Waals surface area contributed by atoms with Crippen LogP contribution in [0.1, 0.15) is 5.01 Å². The lowest BCUT2D eigenvalue weighted by molar-refractivity contribution is 0.383. The van der Waals surface area contributed by atoms with E-state index in [1.54, 1.807) is 25.4 Å². The van der Waals surface area contributed by atoms with E-state index >= 15 is 0 Å². The Hall–Kier alpha value is -1.64. The highest BCUT2D eigenvalue weighted by molar-refractivity contribution is 7.89. The second kappa shape index (κ2) is 7.08. The summed E-state index contributed by atoms with van der Waals surface area (Å²) in [5.74, 6) is 0.807. The van der Waals surface area contributed by atoms with Crippen molar-refractivity contribution in [2.45, 2.75) is 11.3 Å². The molecule has 0 spiro atoms. The van der Waals surface area contributed by atoms with Gasteiger partial charge in [-0.25, -0.2) is 17.7 Å². The normalized spacial score (nSPS) is 11.6. The van der Waals surface area contributed by atoms with E-state index in [0.717, 1.165) is 5.01 Å². The fourth-order valence-corrected chi connectivity index (χ4v) is 3.82. The summed E-state index contributed by atoms with van der Waals surface area (Å²) >= 11 is 1.51. The Labute approximate surface area is 134 Å². The van der Waals surface area contributed by atoms with Crippen LogP contribution in [0, 0.1) is 0 Å². The maximum atomic E-state index is 12.7. The number of sulfonamides is 1. The third-order valence-electron chi connectivity index (χ3n) is 3.18. The highest BCUT2D eigenvalue weighted by atomic mass is 32.2. The van der Waals surface area contributed by atoms with E-state index in [4.69, 9.17) is 9.47 Å². The predicted octanol–water partition coefficient (Wildman–Crippen LogP) is 2.02. The number of rotatable bonds is 7. The number of nitrogens with zero attached hydrogens (tertiary/aromatic N) is 2. The molecule has 0 aliphatic rings. The summed E-state index contributed by atoms with van der Waals surface area (Å²) in [5, 5.41) is 2.78. The topological polar surface area (TPSA) is 68.7 Å². The first-order valence-electron chi connectivity index (χ1n) is 6.55. The first-order valence-corrected chi connectivity index (χ1v) is 8.87. The van der Waals surface area contributed by atoms with Crippen LogP contribution in [0.4, 0.5) is 0 Å². The Morgan fingerprint density at radius 1 is 1.27 bits per heavy atom. The molecule has 22 heavy (non-hydrogen) atoms. The summed E-state index contributed by atoms with van der Waals surface area (Å²) in [4.78, 5) is 4.28. The summed E-state index contributed by atoms with van der Waals surface area (Å²) in [6, 6.07) is 4.65. The molecular weight excluding hydrogens is 324 g/mol. The van der Waals surface area contributed by atoms with Crippen molar-refractivity contribution in [1.82, 2.24) is 9.29 Å². The Morgan fingerprint density at radius 3 is 2.64 bits per heavy atom. The average molecular weight is 342 g/mol. The first kappa shape index (κ1) is 16.7. The van der Waals surface area contributed by atoms with Gasteiger partial charge >= 0.3 is 0 Å². The van der Waals surface area contributed by atoms with Gasteiger partial charge in [0.1, 0.15) is 16.4 Å². The minimum absolute atomic E-state index is 0.123. The number of ether oxygens (including phenoxy) is 2. The second-order valence-corrected chi connectivity index (χ2v) is 7.51. The highest BCUT2D eigenvalue weighted by Gasteiger charge is 2.25. The lowest BCUT2D eigenvalue weighted by Crippen LogP contribution is -2.29. The van der Waals surface area contributed by atoms with E-state index in [1.165, 1.54) is 35.9 Å². The molecule has 0 aliphatic carbocycles. The van der Waals surface area contributed by atoms with Gasteiger partial charge in [0.15, 0.2) is 0 Å². The van der Waals surface area contributed by atoms with Gasteiger partial charge in [0.2, 0.25) is 10.0 Å². The average Bonchev–Trinajstić information content (AvgIpc) is 3.05. The predicted molar refractivity (Wildman–Crippen MR) is 85.2 cm³/mol. The van der Waals surface area contributed by atoms with Crippen LogP contribution in [0.2, 0.25) is 0 Å². The molecule has 0 atom stereocenters. The minimum atomic E-state index is -3.63. The number of thiazole rings is 1. The van der Waals surface area contributed by atoms with Crippen LogP contribution in [0.5, 0.6) is 11.5 Å². The number of methoxy groups -OCH3 is 2. The van der Waals surface area contributed by atoms with Crippen LogP contribution in [0.25, 0.3) is 0 Å². The zero-order valence-corrected chi connectivity index (χ0v) is 14.3. The summed E-state index contributed by atoms with van der Waals surface area (Å²) in [6.07, 6.45) is 2.28. The number of hydrogen-bond acceptors (Lipinski definition) is 6. The van der Waals surface area contributed by atoms with Crippen molar-refractivity contribution >= 4 is 21.4 Å². The first-order chi connectivity index (χ1) is 10.5. The molecule has 0 bridgehead atoms. The van der Waals surface area contributed by atoms with Crippen molar-refractivity contribution in [3.63, 3.8) is 0 Å².